The number of aryl methyl sites for hydroxylation is 2. The van der Waals surface area contributed by atoms with Gasteiger partial charge in [-0.3, -0.25) is 9.88 Å². The van der Waals surface area contributed by atoms with E-state index in [9.17, 15) is 4.39 Å². The van der Waals surface area contributed by atoms with Gasteiger partial charge in [0.25, 0.3) is 0 Å². The quantitative estimate of drug-likeness (QED) is 0.334. The first kappa shape index (κ1) is 28.1. The van der Waals surface area contributed by atoms with Crippen molar-refractivity contribution in [3.63, 3.8) is 0 Å². The van der Waals surface area contributed by atoms with Crippen molar-refractivity contribution in [2.45, 2.75) is 58.6 Å². The van der Waals surface area contributed by atoms with Crippen LogP contribution in [0.25, 0.3) is 21.8 Å². The third-order valence-electron chi connectivity index (χ3n) is 8.03. The van der Waals surface area contributed by atoms with Crippen molar-refractivity contribution in [2.75, 3.05) is 19.7 Å². The molecule has 0 spiro atoms. The van der Waals surface area contributed by atoms with Crippen molar-refractivity contribution < 1.29 is 19.3 Å². The molecule has 6 nitrogen and oxygen atoms in total. The number of halogens is 2. The minimum Gasteiger partial charge on any atom is -0.486 e. The maximum Gasteiger partial charge on any atom is 0.171 e. The van der Waals surface area contributed by atoms with Crippen LogP contribution in [-0.4, -0.2) is 52.2 Å². The fourth-order valence-corrected chi connectivity index (χ4v) is 5.87. The highest BCUT2D eigenvalue weighted by atomic mass is 35.5. The summed E-state index contributed by atoms with van der Waals surface area (Å²) < 4.78 is 26.7. The van der Waals surface area contributed by atoms with Gasteiger partial charge in [-0.25, -0.2) is 4.39 Å². The molecule has 204 valence electrons. The van der Waals surface area contributed by atoms with Crippen LogP contribution < -0.4 is 9.47 Å². The van der Waals surface area contributed by atoms with Crippen LogP contribution in [0.1, 0.15) is 43.6 Å². The number of nitrogens with one attached hydrogen (secondary N) is 1. The Balaban J connectivity index is 0.00000168. The van der Waals surface area contributed by atoms with Crippen molar-refractivity contribution in [1.29, 1.82) is 0 Å². The molecule has 0 saturated carbocycles. The van der Waals surface area contributed by atoms with Gasteiger partial charge in [0.15, 0.2) is 11.5 Å². The molecule has 1 aliphatic heterocycles. The number of hydrogen-bond donors (Lipinski definition) is 1. The highest BCUT2D eigenvalue weighted by molar-refractivity contribution is 5.88. The van der Waals surface area contributed by atoms with Crippen molar-refractivity contribution >= 4 is 34.2 Å². The lowest BCUT2D eigenvalue weighted by atomic mass is 9.85. The number of fused-ring (bicyclic) bond motifs is 6. The van der Waals surface area contributed by atoms with E-state index >= 15 is 0 Å². The summed E-state index contributed by atoms with van der Waals surface area (Å²) in [5.41, 5.74) is 5.55. The molecule has 1 aliphatic carbocycles. The smallest absolute Gasteiger partial charge is 0.171 e. The topological polar surface area (TPSA) is 81.9 Å². The van der Waals surface area contributed by atoms with Crippen LogP contribution >= 0.6 is 12.4 Å². The van der Waals surface area contributed by atoms with Crippen molar-refractivity contribution in [2.24, 2.45) is 5.92 Å². The van der Waals surface area contributed by atoms with Gasteiger partial charge < -0.3 is 19.9 Å². The summed E-state index contributed by atoms with van der Waals surface area (Å²) in [4.78, 5) is 10.7. The molecule has 2 aliphatic rings. The molecule has 0 radical (unpaired) electrons. The molecule has 3 N–H and O–H groups in total. The fraction of sp³-hybridized carbons (Fsp3) is 0.433. The Labute approximate surface area is 229 Å². The molecule has 8 heteroatoms. The van der Waals surface area contributed by atoms with E-state index in [-0.39, 0.29) is 29.8 Å². The molecule has 2 aromatic heterocycles. The fourth-order valence-electron chi connectivity index (χ4n) is 5.87. The van der Waals surface area contributed by atoms with E-state index in [0.717, 1.165) is 77.8 Å². The minimum absolute atomic E-state index is 0. The van der Waals surface area contributed by atoms with Crippen LogP contribution in [0.5, 0.6) is 11.5 Å². The first-order valence-corrected chi connectivity index (χ1v) is 13.2. The number of aromatic amines is 1. The number of hydrogen-bond acceptors (Lipinski definition) is 4. The van der Waals surface area contributed by atoms with Gasteiger partial charge >= 0.3 is 0 Å². The maximum atomic E-state index is 14.0. The molecular formula is C30H37ClFN3O3. The highest BCUT2D eigenvalue weighted by Crippen LogP contribution is 2.39. The highest BCUT2D eigenvalue weighted by Gasteiger charge is 2.30. The largest absolute Gasteiger partial charge is 0.486 e. The first-order chi connectivity index (χ1) is 17.5. The molecular weight excluding hydrogens is 505 g/mol. The number of pyridine rings is 1. The van der Waals surface area contributed by atoms with Gasteiger partial charge in [0.1, 0.15) is 18.5 Å². The molecule has 0 bridgehead atoms. The normalized spacial score (nSPS) is 19.1. The number of H-pyrrole nitrogens is 1. The van der Waals surface area contributed by atoms with Crippen molar-refractivity contribution in [1.82, 2.24) is 14.9 Å². The SMILES string of the molecule is CCC(C)N(C[C@H]1CCc2[nH]c3ccc(F)cc3c2C1)C[C@H]1COc2ccc3nc(C)ccc3c2O1.Cl.O. The lowest BCUT2D eigenvalue weighted by molar-refractivity contribution is 0.0410. The number of ether oxygens (including phenoxy) is 2. The summed E-state index contributed by atoms with van der Waals surface area (Å²) in [6, 6.07) is 13.6. The molecule has 1 unspecified atom stereocenters. The van der Waals surface area contributed by atoms with Gasteiger partial charge in [0.2, 0.25) is 0 Å². The molecule has 0 amide bonds. The Bertz CT molecular complexity index is 1430. The predicted octanol–water partition coefficient (Wildman–Crippen LogP) is 5.81. The zero-order valence-corrected chi connectivity index (χ0v) is 23.0. The van der Waals surface area contributed by atoms with Crippen LogP contribution in [0.3, 0.4) is 0 Å². The van der Waals surface area contributed by atoms with E-state index in [1.807, 2.05) is 31.2 Å². The average molecular weight is 542 g/mol. The summed E-state index contributed by atoms with van der Waals surface area (Å²) >= 11 is 0. The van der Waals surface area contributed by atoms with E-state index in [4.69, 9.17) is 9.47 Å². The monoisotopic (exact) mass is 541 g/mol. The molecule has 0 fully saturated rings. The van der Waals surface area contributed by atoms with Crippen LogP contribution in [0.4, 0.5) is 4.39 Å². The second-order valence-electron chi connectivity index (χ2n) is 10.6. The lowest BCUT2D eigenvalue weighted by Gasteiger charge is -2.37. The first-order valence-electron chi connectivity index (χ1n) is 13.2. The van der Waals surface area contributed by atoms with E-state index in [2.05, 4.69) is 34.8 Å². The third kappa shape index (κ3) is 5.33. The zero-order valence-electron chi connectivity index (χ0n) is 22.2. The average Bonchev–Trinajstić information content (AvgIpc) is 3.24. The number of benzene rings is 2. The molecule has 2 aromatic carbocycles. The van der Waals surface area contributed by atoms with Crippen LogP contribution in [0, 0.1) is 18.7 Å². The van der Waals surface area contributed by atoms with Crippen LogP contribution in [0.2, 0.25) is 0 Å². The van der Waals surface area contributed by atoms with Gasteiger partial charge in [-0.2, -0.15) is 0 Å². The lowest BCUT2D eigenvalue weighted by Crippen LogP contribution is -2.46. The number of aromatic nitrogens is 2. The van der Waals surface area contributed by atoms with E-state index in [0.29, 0.717) is 18.6 Å². The van der Waals surface area contributed by atoms with Gasteiger partial charge in [-0.15, -0.1) is 12.4 Å². The van der Waals surface area contributed by atoms with Gasteiger partial charge in [0.05, 0.1) is 5.52 Å². The van der Waals surface area contributed by atoms with Gasteiger partial charge in [-0.1, -0.05) is 6.92 Å². The van der Waals surface area contributed by atoms with Gasteiger partial charge in [0, 0.05) is 46.8 Å². The summed E-state index contributed by atoms with van der Waals surface area (Å²) in [6.45, 7) is 8.91. The van der Waals surface area contributed by atoms with Crippen molar-refractivity contribution in [3.05, 3.63) is 65.2 Å². The Morgan fingerprint density at radius 3 is 2.79 bits per heavy atom. The Morgan fingerprint density at radius 1 is 1.13 bits per heavy atom. The summed E-state index contributed by atoms with van der Waals surface area (Å²) in [6.07, 6.45) is 4.16. The summed E-state index contributed by atoms with van der Waals surface area (Å²) in [5.74, 6) is 1.97. The summed E-state index contributed by atoms with van der Waals surface area (Å²) in [5, 5.41) is 2.05. The Hall–Kier alpha value is -2.87. The predicted molar refractivity (Wildman–Crippen MR) is 152 cm³/mol. The van der Waals surface area contributed by atoms with Gasteiger partial charge in [-0.05, 0) is 93.5 Å². The van der Waals surface area contributed by atoms with E-state index in [1.165, 1.54) is 17.3 Å². The zero-order chi connectivity index (χ0) is 24.8. The number of rotatable bonds is 6. The summed E-state index contributed by atoms with van der Waals surface area (Å²) in [7, 11) is 0. The maximum absolute atomic E-state index is 14.0. The molecule has 38 heavy (non-hydrogen) atoms. The third-order valence-corrected chi connectivity index (χ3v) is 8.03. The number of nitrogens with zero attached hydrogens (tertiary/aromatic N) is 2. The van der Waals surface area contributed by atoms with E-state index in [1.54, 1.807) is 6.07 Å². The standard InChI is InChI=1S/C30H34FN3O2.ClH.H2O/c1-4-19(3)34(15-20-6-9-27-24(13-20)25-14-21(31)7-10-28(25)33-27)16-22-17-35-29-12-11-26-23(30(29)36-22)8-5-18(2)32-26;;/h5,7-8,10-12,14,19-20,22,33H,4,6,9,13,15-17H2,1-3H3;1H;1H2/t19?,20-,22-;;/m0../s1. The van der Waals surface area contributed by atoms with Crippen LogP contribution in [-0.2, 0) is 12.8 Å². The Morgan fingerprint density at radius 2 is 1.97 bits per heavy atom. The van der Waals surface area contributed by atoms with E-state index < -0.39 is 0 Å². The Kier molecular flexibility index (Phi) is 8.50. The van der Waals surface area contributed by atoms with Crippen molar-refractivity contribution in [3.8, 4) is 11.5 Å². The molecule has 3 atom stereocenters. The second-order valence-corrected chi connectivity index (χ2v) is 10.6. The second kappa shape index (κ2) is 11.5. The molecule has 3 heterocycles. The minimum atomic E-state index is -0.166. The van der Waals surface area contributed by atoms with Crippen LogP contribution in [0.15, 0.2) is 42.5 Å². The molecule has 4 aromatic rings. The molecule has 0 saturated heterocycles. The molecule has 6 rings (SSSR count).